The molecule has 0 spiro atoms. The number of rotatable bonds is 7. The summed E-state index contributed by atoms with van der Waals surface area (Å²) in [6.45, 7) is 6.81. The first kappa shape index (κ1) is 20.6. The van der Waals surface area contributed by atoms with Gasteiger partial charge in [-0.3, -0.25) is 0 Å². The highest BCUT2D eigenvalue weighted by atomic mass is 32.2. The van der Waals surface area contributed by atoms with Gasteiger partial charge in [-0.15, -0.1) is 0 Å². The second-order valence-electron chi connectivity index (χ2n) is 8.08. The molecule has 0 saturated carbocycles. The quantitative estimate of drug-likeness (QED) is 0.647. The summed E-state index contributed by atoms with van der Waals surface area (Å²) in [5.74, 6) is 1.34. The summed E-state index contributed by atoms with van der Waals surface area (Å²) in [5, 5.41) is 9.89. The van der Waals surface area contributed by atoms with Gasteiger partial charge in [0, 0.05) is 29.7 Å². The van der Waals surface area contributed by atoms with Gasteiger partial charge in [0.2, 0.25) is 0 Å². The molecule has 2 aromatic rings. The summed E-state index contributed by atoms with van der Waals surface area (Å²) in [5.41, 5.74) is 5.00. The number of anilines is 1. The molecule has 2 aliphatic heterocycles. The lowest BCUT2D eigenvalue weighted by atomic mass is 10.0. The molecule has 0 aromatic heterocycles. The van der Waals surface area contributed by atoms with Crippen molar-refractivity contribution in [2.24, 2.45) is 5.92 Å². The van der Waals surface area contributed by atoms with Crippen LogP contribution in [0.5, 0.6) is 5.75 Å². The van der Waals surface area contributed by atoms with Crippen molar-refractivity contribution in [1.82, 2.24) is 0 Å². The van der Waals surface area contributed by atoms with Crippen LogP contribution in [0.15, 0.2) is 41.3 Å². The van der Waals surface area contributed by atoms with Gasteiger partial charge in [-0.05, 0) is 85.9 Å². The molecule has 156 valence electrons. The Morgan fingerprint density at radius 2 is 2.00 bits per heavy atom. The van der Waals surface area contributed by atoms with E-state index < -0.39 is 0 Å². The van der Waals surface area contributed by atoms with Crippen molar-refractivity contribution in [1.29, 1.82) is 0 Å². The standard InChI is InChI=1S/C24H31NO3S/c1-3-18-4-6-23-20(13-18)12-17(2)25(23)29-22-5-7-24(21(14-22)15-26)28-16-19-8-10-27-11-9-19/h4-7,13-14,17,19,26H,3,8-12,15-16H2,1-2H3. The minimum atomic E-state index is -0.0104. The average Bonchev–Trinajstić information content (AvgIpc) is 3.07. The smallest absolute Gasteiger partial charge is 0.124 e. The molecular formula is C24H31NO3S. The zero-order valence-electron chi connectivity index (χ0n) is 17.4. The second kappa shape index (κ2) is 9.41. The van der Waals surface area contributed by atoms with Gasteiger partial charge in [0.15, 0.2) is 0 Å². The van der Waals surface area contributed by atoms with E-state index in [-0.39, 0.29) is 6.61 Å². The Kier molecular flexibility index (Phi) is 6.68. The van der Waals surface area contributed by atoms with E-state index in [1.165, 1.54) is 16.8 Å². The molecule has 5 heteroatoms. The van der Waals surface area contributed by atoms with Gasteiger partial charge in [0.1, 0.15) is 5.75 Å². The number of aliphatic hydroxyl groups is 1. The molecule has 2 aliphatic rings. The maximum absolute atomic E-state index is 9.89. The van der Waals surface area contributed by atoms with E-state index in [1.807, 2.05) is 6.07 Å². The van der Waals surface area contributed by atoms with E-state index in [4.69, 9.17) is 9.47 Å². The topological polar surface area (TPSA) is 41.9 Å². The summed E-state index contributed by atoms with van der Waals surface area (Å²) in [7, 11) is 0. The largest absolute Gasteiger partial charge is 0.493 e. The Labute approximate surface area is 178 Å². The molecule has 0 bridgehead atoms. The molecule has 2 heterocycles. The molecule has 1 atom stereocenters. The molecule has 1 unspecified atom stereocenters. The fourth-order valence-corrected chi connectivity index (χ4v) is 5.21. The van der Waals surface area contributed by atoms with Crippen molar-refractivity contribution < 1.29 is 14.6 Å². The van der Waals surface area contributed by atoms with Crippen molar-refractivity contribution in [3.8, 4) is 5.75 Å². The second-order valence-corrected chi connectivity index (χ2v) is 9.13. The van der Waals surface area contributed by atoms with Gasteiger partial charge in [-0.25, -0.2) is 0 Å². The highest BCUT2D eigenvalue weighted by Gasteiger charge is 2.27. The highest BCUT2D eigenvalue weighted by molar-refractivity contribution is 8.00. The van der Waals surface area contributed by atoms with E-state index in [0.29, 0.717) is 18.6 Å². The summed E-state index contributed by atoms with van der Waals surface area (Å²) in [6, 6.07) is 13.5. The number of aliphatic hydroxyl groups excluding tert-OH is 1. The summed E-state index contributed by atoms with van der Waals surface area (Å²) >= 11 is 1.75. The van der Waals surface area contributed by atoms with Gasteiger partial charge >= 0.3 is 0 Å². The van der Waals surface area contributed by atoms with Crippen LogP contribution in [0.25, 0.3) is 0 Å². The first-order chi connectivity index (χ1) is 14.2. The number of hydrogen-bond acceptors (Lipinski definition) is 5. The van der Waals surface area contributed by atoms with Crippen LogP contribution in [-0.4, -0.2) is 31.0 Å². The van der Waals surface area contributed by atoms with Crippen molar-refractivity contribution in [3.05, 3.63) is 53.1 Å². The molecule has 0 radical (unpaired) electrons. The lowest BCUT2D eigenvalue weighted by Gasteiger charge is -2.24. The van der Waals surface area contributed by atoms with Gasteiger partial charge in [-0.1, -0.05) is 19.1 Å². The third-order valence-electron chi connectivity index (χ3n) is 5.93. The molecule has 0 aliphatic carbocycles. The lowest BCUT2D eigenvalue weighted by molar-refractivity contribution is 0.0494. The Morgan fingerprint density at radius 1 is 1.17 bits per heavy atom. The molecule has 29 heavy (non-hydrogen) atoms. The molecule has 0 amide bonds. The zero-order chi connectivity index (χ0) is 20.2. The molecule has 2 aromatic carbocycles. The van der Waals surface area contributed by atoms with Crippen LogP contribution >= 0.6 is 11.9 Å². The Bertz CT molecular complexity index is 835. The van der Waals surface area contributed by atoms with Gasteiger partial charge in [-0.2, -0.15) is 0 Å². The lowest BCUT2D eigenvalue weighted by Crippen LogP contribution is -2.22. The number of fused-ring (bicyclic) bond motifs is 1. The van der Waals surface area contributed by atoms with E-state index in [2.05, 4.69) is 48.5 Å². The molecular weight excluding hydrogens is 382 g/mol. The predicted molar refractivity (Wildman–Crippen MR) is 119 cm³/mol. The van der Waals surface area contributed by atoms with Crippen molar-refractivity contribution in [3.63, 3.8) is 0 Å². The van der Waals surface area contributed by atoms with E-state index in [9.17, 15) is 5.11 Å². The molecule has 4 nitrogen and oxygen atoms in total. The number of nitrogens with zero attached hydrogens (tertiary/aromatic N) is 1. The highest BCUT2D eigenvalue weighted by Crippen LogP contribution is 2.41. The van der Waals surface area contributed by atoms with Crippen LogP contribution in [-0.2, 0) is 24.2 Å². The number of benzene rings is 2. The van der Waals surface area contributed by atoms with Gasteiger partial charge in [0.05, 0.1) is 18.9 Å². The maximum Gasteiger partial charge on any atom is 0.124 e. The number of ether oxygens (including phenoxy) is 2. The SMILES string of the molecule is CCc1ccc2c(c1)CC(C)N2Sc1ccc(OCC2CCOCC2)c(CO)c1. The minimum absolute atomic E-state index is 0.0104. The summed E-state index contributed by atoms with van der Waals surface area (Å²) in [4.78, 5) is 1.13. The van der Waals surface area contributed by atoms with E-state index in [0.717, 1.165) is 55.1 Å². The van der Waals surface area contributed by atoms with E-state index in [1.54, 1.807) is 11.9 Å². The summed E-state index contributed by atoms with van der Waals surface area (Å²) in [6.07, 6.45) is 4.25. The van der Waals surface area contributed by atoms with Crippen molar-refractivity contribution >= 4 is 17.6 Å². The summed E-state index contributed by atoms with van der Waals surface area (Å²) < 4.78 is 13.9. The fourth-order valence-electron chi connectivity index (χ4n) is 4.13. The van der Waals surface area contributed by atoms with E-state index >= 15 is 0 Å². The van der Waals surface area contributed by atoms with Gasteiger partial charge < -0.3 is 18.9 Å². The average molecular weight is 414 g/mol. The maximum atomic E-state index is 9.89. The zero-order valence-corrected chi connectivity index (χ0v) is 18.2. The van der Waals surface area contributed by atoms with Crippen molar-refractivity contribution in [2.75, 3.05) is 24.1 Å². The first-order valence-electron chi connectivity index (χ1n) is 10.7. The number of hydrogen-bond donors (Lipinski definition) is 1. The third kappa shape index (κ3) is 4.73. The number of aryl methyl sites for hydroxylation is 1. The van der Waals surface area contributed by atoms with Crippen LogP contribution in [0.2, 0.25) is 0 Å². The Hall–Kier alpha value is -1.69. The predicted octanol–water partition coefficient (Wildman–Crippen LogP) is 5.01. The van der Waals surface area contributed by atoms with Crippen LogP contribution in [0.4, 0.5) is 5.69 Å². The van der Waals surface area contributed by atoms with Crippen molar-refractivity contribution in [2.45, 2.75) is 57.1 Å². The normalized spacial score (nSPS) is 19.4. The van der Waals surface area contributed by atoms with Crippen LogP contribution in [0, 0.1) is 5.92 Å². The fraction of sp³-hybridized carbons (Fsp3) is 0.500. The first-order valence-corrected chi connectivity index (χ1v) is 11.5. The Balaban J connectivity index is 1.45. The van der Waals surface area contributed by atoms with Crippen LogP contribution in [0.1, 0.15) is 43.4 Å². The van der Waals surface area contributed by atoms with Gasteiger partial charge in [0.25, 0.3) is 0 Å². The molecule has 4 rings (SSSR count). The van der Waals surface area contributed by atoms with Crippen LogP contribution < -0.4 is 9.04 Å². The third-order valence-corrected chi connectivity index (χ3v) is 7.14. The molecule has 1 saturated heterocycles. The minimum Gasteiger partial charge on any atom is -0.493 e. The molecule has 1 fully saturated rings. The van der Waals surface area contributed by atoms with Crippen LogP contribution in [0.3, 0.4) is 0 Å². The molecule has 1 N–H and O–H groups in total. The Morgan fingerprint density at radius 3 is 2.76 bits per heavy atom. The monoisotopic (exact) mass is 413 g/mol.